The number of thiol groups is 1. The van der Waals surface area contributed by atoms with Crippen molar-refractivity contribution in [2.45, 2.75) is 37.5 Å². The average molecular weight is 146 g/mol. The SMILES string of the molecule is C[C@@H]1CC[C@@H](S)C[C@H]1O. The number of rotatable bonds is 0. The quantitative estimate of drug-likeness (QED) is 0.496. The largest absolute Gasteiger partial charge is 0.393 e. The summed E-state index contributed by atoms with van der Waals surface area (Å²) in [6, 6.07) is 0. The van der Waals surface area contributed by atoms with Gasteiger partial charge >= 0.3 is 0 Å². The highest BCUT2D eigenvalue weighted by molar-refractivity contribution is 7.80. The van der Waals surface area contributed by atoms with E-state index in [0.29, 0.717) is 11.2 Å². The van der Waals surface area contributed by atoms with Gasteiger partial charge in [0.1, 0.15) is 0 Å². The van der Waals surface area contributed by atoms with E-state index in [-0.39, 0.29) is 6.10 Å². The van der Waals surface area contributed by atoms with Crippen LogP contribution in [0.1, 0.15) is 26.2 Å². The van der Waals surface area contributed by atoms with Crippen molar-refractivity contribution in [1.82, 2.24) is 0 Å². The lowest BCUT2D eigenvalue weighted by Crippen LogP contribution is -2.27. The second-order valence-corrected chi connectivity index (χ2v) is 3.74. The van der Waals surface area contributed by atoms with Crippen LogP contribution in [0.15, 0.2) is 0 Å². The molecule has 0 aromatic rings. The zero-order valence-electron chi connectivity index (χ0n) is 5.75. The van der Waals surface area contributed by atoms with Gasteiger partial charge in [-0.15, -0.1) is 0 Å². The Balaban J connectivity index is 2.35. The minimum Gasteiger partial charge on any atom is -0.393 e. The Bertz CT molecular complexity index is 94.9. The smallest absolute Gasteiger partial charge is 0.0576 e. The molecule has 1 fully saturated rings. The van der Waals surface area contributed by atoms with Gasteiger partial charge < -0.3 is 5.11 Å². The number of hydrogen-bond acceptors (Lipinski definition) is 2. The minimum atomic E-state index is -0.0961. The third-order valence-corrected chi connectivity index (χ3v) is 2.59. The van der Waals surface area contributed by atoms with Gasteiger partial charge in [0.15, 0.2) is 0 Å². The fourth-order valence-corrected chi connectivity index (χ4v) is 1.64. The fraction of sp³-hybridized carbons (Fsp3) is 1.00. The van der Waals surface area contributed by atoms with E-state index in [1.54, 1.807) is 0 Å². The van der Waals surface area contributed by atoms with Gasteiger partial charge in [0.25, 0.3) is 0 Å². The summed E-state index contributed by atoms with van der Waals surface area (Å²) in [5, 5.41) is 9.74. The van der Waals surface area contributed by atoms with Crippen molar-refractivity contribution in [3.63, 3.8) is 0 Å². The van der Waals surface area contributed by atoms with E-state index >= 15 is 0 Å². The molecule has 0 saturated heterocycles. The van der Waals surface area contributed by atoms with Gasteiger partial charge in [0, 0.05) is 5.25 Å². The molecule has 1 nitrogen and oxygen atoms in total. The van der Waals surface area contributed by atoms with Crippen molar-refractivity contribution in [3.05, 3.63) is 0 Å². The number of hydrogen-bond donors (Lipinski definition) is 2. The molecule has 1 aliphatic rings. The lowest BCUT2D eigenvalue weighted by atomic mass is 9.88. The van der Waals surface area contributed by atoms with E-state index in [1.165, 1.54) is 6.42 Å². The zero-order valence-corrected chi connectivity index (χ0v) is 6.64. The molecule has 2 heteroatoms. The van der Waals surface area contributed by atoms with Crippen molar-refractivity contribution in [3.8, 4) is 0 Å². The maximum Gasteiger partial charge on any atom is 0.0576 e. The first-order chi connectivity index (χ1) is 4.20. The summed E-state index contributed by atoms with van der Waals surface area (Å²) in [7, 11) is 0. The Kier molecular flexibility index (Phi) is 2.42. The van der Waals surface area contributed by atoms with E-state index < -0.39 is 0 Å². The first-order valence-electron chi connectivity index (χ1n) is 3.56. The fourth-order valence-electron chi connectivity index (χ4n) is 1.28. The molecule has 54 valence electrons. The number of aliphatic hydroxyl groups is 1. The molecular weight excluding hydrogens is 132 g/mol. The molecule has 0 unspecified atom stereocenters. The lowest BCUT2D eigenvalue weighted by Gasteiger charge is -2.27. The summed E-state index contributed by atoms with van der Waals surface area (Å²) in [5.74, 6) is 0.494. The standard InChI is InChI=1S/C7H14OS/c1-5-2-3-6(9)4-7(5)8/h5-9H,2-4H2,1H3/t5-,6-,7-/m1/s1. The van der Waals surface area contributed by atoms with Crippen molar-refractivity contribution in [1.29, 1.82) is 0 Å². The van der Waals surface area contributed by atoms with Gasteiger partial charge in [-0.05, 0) is 25.2 Å². The summed E-state index contributed by atoms with van der Waals surface area (Å²) in [5.41, 5.74) is 0. The van der Waals surface area contributed by atoms with Crippen LogP contribution in [-0.2, 0) is 0 Å². The van der Waals surface area contributed by atoms with Crippen LogP contribution < -0.4 is 0 Å². The van der Waals surface area contributed by atoms with Crippen LogP contribution in [0.3, 0.4) is 0 Å². The zero-order chi connectivity index (χ0) is 6.85. The maximum atomic E-state index is 9.30. The maximum absolute atomic E-state index is 9.30. The highest BCUT2D eigenvalue weighted by Crippen LogP contribution is 2.26. The van der Waals surface area contributed by atoms with E-state index in [2.05, 4.69) is 19.6 Å². The van der Waals surface area contributed by atoms with Crippen LogP contribution >= 0.6 is 12.6 Å². The minimum absolute atomic E-state index is 0.0961. The molecule has 0 radical (unpaired) electrons. The molecule has 0 spiro atoms. The van der Waals surface area contributed by atoms with Gasteiger partial charge in [-0.1, -0.05) is 6.92 Å². The molecule has 0 aliphatic heterocycles. The highest BCUT2D eigenvalue weighted by atomic mass is 32.1. The Morgan fingerprint density at radius 2 is 2.11 bits per heavy atom. The Morgan fingerprint density at radius 1 is 1.44 bits per heavy atom. The molecule has 1 aliphatic carbocycles. The Hall–Kier alpha value is 0.310. The normalized spacial score (nSPS) is 45.0. The average Bonchev–Trinajstić information content (AvgIpc) is 1.80. The molecule has 0 amide bonds. The highest BCUT2D eigenvalue weighted by Gasteiger charge is 2.23. The summed E-state index contributed by atoms with van der Waals surface area (Å²) >= 11 is 4.30. The lowest BCUT2D eigenvalue weighted by molar-refractivity contribution is 0.0823. The van der Waals surface area contributed by atoms with Gasteiger partial charge in [-0.2, -0.15) is 12.6 Å². The molecule has 0 aromatic carbocycles. The predicted octanol–water partition coefficient (Wildman–Crippen LogP) is 1.47. The predicted molar refractivity (Wildman–Crippen MR) is 41.8 cm³/mol. The monoisotopic (exact) mass is 146 g/mol. The third-order valence-electron chi connectivity index (χ3n) is 2.13. The molecule has 1 rings (SSSR count). The molecule has 0 heterocycles. The van der Waals surface area contributed by atoms with Crippen LogP contribution in [0, 0.1) is 5.92 Å². The van der Waals surface area contributed by atoms with Crippen molar-refractivity contribution >= 4 is 12.6 Å². The van der Waals surface area contributed by atoms with Crippen molar-refractivity contribution < 1.29 is 5.11 Å². The van der Waals surface area contributed by atoms with Gasteiger partial charge in [0.2, 0.25) is 0 Å². The Morgan fingerprint density at radius 3 is 2.56 bits per heavy atom. The molecule has 3 atom stereocenters. The van der Waals surface area contributed by atoms with Crippen LogP contribution in [0.2, 0.25) is 0 Å². The van der Waals surface area contributed by atoms with Crippen LogP contribution in [0.4, 0.5) is 0 Å². The van der Waals surface area contributed by atoms with Crippen LogP contribution in [0.5, 0.6) is 0 Å². The molecule has 1 saturated carbocycles. The van der Waals surface area contributed by atoms with Crippen molar-refractivity contribution in [2.24, 2.45) is 5.92 Å². The summed E-state index contributed by atoms with van der Waals surface area (Å²) in [6.45, 7) is 2.10. The van der Waals surface area contributed by atoms with E-state index in [9.17, 15) is 5.11 Å². The van der Waals surface area contributed by atoms with Gasteiger partial charge in [0.05, 0.1) is 6.10 Å². The van der Waals surface area contributed by atoms with Gasteiger partial charge in [-0.3, -0.25) is 0 Å². The van der Waals surface area contributed by atoms with Crippen molar-refractivity contribution in [2.75, 3.05) is 0 Å². The Labute approximate surface area is 61.9 Å². The molecule has 1 N–H and O–H groups in total. The van der Waals surface area contributed by atoms with Gasteiger partial charge in [-0.25, -0.2) is 0 Å². The molecule has 0 bridgehead atoms. The number of aliphatic hydroxyl groups excluding tert-OH is 1. The van der Waals surface area contributed by atoms with E-state index in [0.717, 1.165) is 12.8 Å². The summed E-state index contributed by atoms with van der Waals surface area (Å²) in [4.78, 5) is 0. The first-order valence-corrected chi connectivity index (χ1v) is 4.08. The first kappa shape index (κ1) is 7.42. The van der Waals surface area contributed by atoms with Crippen LogP contribution in [0.25, 0.3) is 0 Å². The molecular formula is C7H14OS. The molecule has 9 heavy (non-hydrogen) atoms. The second kappa shape index (κ2) is 2.93. The molecule has 0 aromatic heterocycles. The third kappa shape index (κ3) is 1.87. The van der Waals surface area contributed by atoms with E-state index in [4.69, 9.17) is 0 Å². The summed E-state index contributed by atoms with van der Waals surface area (Å²) < 4.78 is 0. The second-order valence-electron chi connectivity index (χ2n) is 3.01. The summed E-state index contributed by atoms with van der Waals surface area (Å²) in [6.07, 6.45) is 3.09. The van der Waals surface area contributed by atoms with E-state index in [1.807, 2.05) is 0 Å². The van der Waals surface area contributed by atoms with Crippen LogP contribution in [-0.4, -0.2) is 16.5 Å². The topological polar surface area (TPSA) is 20.2 Å².